The fraction of sp³-hybridized carbons (Fsp3) is 0.429. The molecule has 30 heavy (non-hydrogen) atoms. The van der Waals surface area contributed by atoms with Gasteiger partial charge in [-0.15, -0.1) is 0 Å². The zero-order valence-electron chi connectivity index (χ0n) is 17.9. The van der Waals surface area contributed by atoms with Crippen molar-refractivity contribution in [3.8, 4) is 0 Å². The van der Waals surface area contributed by atoms with E-state index in [1.54, 1.807) is 24.3 Å². The molecule has 0 aromatic heterocycles. The van der Waals surface area contributed by atoms with E-state index in [1.165, 1.54) is 19.0 Å². The molecule has 0 bridgehead atoms. The van der Waals surface area contributed by atoms with Gasteiger partial charge in [0.1, 0.15) is 13.2 Å². The highest BCUT2D eigenvalue weighted by Crippen LogP contribution is 2.23. The first-order valence-electron chi connectivity index (χ1n) is 9.86. The number of amides is 4. The third-order valence-corrected chi connectivity index (χ3v) is 5.19. The lowest BCUT2D eigenvalue weighted by Gasteiger charge is -2.33. The molecule has 1 aromatic rings. The highest BCUT2D eigenvalue weighted by atomic mass is 16.5. The SMILES string of the molecule is C=C(Nc1ccc(C(=O)OCC[NH+](CC)CC)cc1)C1C(=O)N(C)C(=O)N(C)C1=O. The van der Waals surface area contributed by atoms with E-state index in [2.05, 4.69) is 25.7 Å². The molecule has 0 spiro atoms. The van der Waals surface area contributed by atoms with E-state index in [4.69, 9.17) is 4.74 Å². The third kappa shape index (κ3) is 5.04. The van der Waals surface area contributed by atoms with Crippen LogP contribution in [0.25, 0.3) is 0 Å². The lowest BCUT2D eigenvalue weighted by atomic mass is 10.0. The number of hydrogen-bond acceptors (Lipinski definition) is 6. The molecule has 162 valence electrons. The number of carbonyl (C=O) groups is 4. The maximum atomic E-state index is 12.4. The molecule has 0 saturated carbocycles. The number of urea groups is 1. The lowest BCUT2D eigenvalue weighted by Crippen LogP contribution is -3.11. The Bertz CT molecular complexity index is 808. The molecule has 0 unspecified atom stereocenters. The Morgan fingerprint density at radius 1 is 1.07 bits per heavy atom. The van der Waals surface area contributed by atoms with E-state index < -0.39 is 29.7 Å². The van der Waals surface area contributed by atoms with Crippen LogP contribution in [0.2, 0.25) is 0 Å². The van der Waals surface area contributed by atoms with E-state index in [9.17, 15) is 19.2 Å². The van der Waals surface area contributed by atoms with Gasteiger partial charge in [0.2, 0.25) is 11.8 Å². The lowest BCUT2D eigenvalue weighted by molar-refractivity contribution is -0.896. The summed E-state index contributed by atoms with van der Waals surface area (Å²) in [5, 5.41) is 2.91. The molecule has 9 nitrogen and oxygen atoms in total. The van der Waals surface area contributed by atoms with Crippen molar-refractivity contribution in [3.63, 3.8) is 0 Å². The Morgan fingerprint density at radius 2 is 1.60 bits per heavy atom. The predicted molar refractivity (Wildman–Crippen MR) is 111 cm³/mol. The number of barbiturate groups is 1. The summed E-state index contributed by atoms with van der Waals surface area (Å²) < 4.78 is 5.31. The van der Waals surface area contributed by atoms with Crippen LogP contribution in [0.5, 0.6) is 0 Å². The summed E-state index contributed by atoms with van der Waals surface area (Å²) in [5.74, 6) is -2.90. The average Bonchev–Trinajstić information content (AvgIpc) is 2.74. The Morgan fingerprint density at radius 3 is 2.10 bits per heavy atom. The quantitative estimate of drug-likeness (QED) is 0.445. The Balaban J connectivity index is 1.97. The van der Waals surface area contributed by atoms with Gasteiger partial charge in [-0.3, -0.25) is 19.4 Å². The number of esters is 1. The average molecular weight is 417 g/mol. The maximum Gasteiger partial charge on any atom is 0.338 e. The van der Waals surface area contributed by atoms with Gasteiger partial charge in [0.05, 0.1) is 18.7 Å². The first-order valence-corrected chi connectivity index (χ1v) is 9.86. The number of rotatable bonds is 9. The summed E-state index contributed by atoms with van der Waals surface area (Å²) in [5.41, 5.74) is 1.09. The van der Waals surface area contributed by atoms with E-state index in [1.807, 2.05) is 0 Å². The molecule has 2 N–H and O–H groups in total. The van der Waals surface area contributed by atoms with Crippen LogP contribution in [-0.2, 0) is 14.3 Å². The minimum Gasteiger partial charge on any atom is -0.456 e. The minimum absolute atomic E-state index is 0.147. The molecule has 1 aliphatic rings. The second-order valence-corrected chi connectivity index (χ2v) is 7.08. The maximum absolute atomic E-state index is 12.4. The Hall–Kier alpha value is -3.20. The van der Waals surface area contributed by atoms with Gasteiger partial charge in [0.25, 0.3) is 0 Å². The molecular weight excluding hydrogens is 388 g/mol. The van der Waals surface area contributed by atoms with Crippen molar-refractivity contribution < 1.29 is 28.8 Å². The topological polar surface area (TPSA) is 100 Å². The van der Waals surface area contributed by atoms with Crippen LogP contribution in [-0.4, -0.2) is 74.0 Å². The highest BCUT2D eigenvalue weighted by Gasteiger charge is 2.44. The van der Waals surface area contributed by atoms with Gasteiger partial charge in [-0.25, -0.2) is 9.59 Å². The fourth-order valence-corrected chi connectivity index (χ4v) is 3.13. The predicted octanol–water partition coefficient (Wildman–Crippen LogP) is 0.360. The number of quaternary nitrogens is 1. The zero-order chi connectivity index (χ0) is 22.4. The number of nitrogens with one attached hydrogen (secondary N) is 2. The number of imide groups is 2. The van der Waals surface area contributed by atoms with Gasteiger partial charge in [0.15, 0.2) is 5.92 Å². The second kappa shape index (κ2) is 10.0. The summed E-state index contributed by atoms with van der Waals surface area (Å²) in [6, 6.07) is 5.77. The van der Waals surface area contributed by atoms with E-state index in [0.29, 0.717) is 17.9 Å². The smallest absolute Gasteiger partial charge is 0.338 e. The molecule has 1 saturated heterocycles. The number of benzene rings is 1. The number of hydrogen-bond donors (Lipinski definition) is 2. The summed E-state index contributed by atoms with van der Waals surface area (Å²) in [4.78, 5) is 51.8. The number of carbonyl (C=O) groups excluding carboxylic acids is 4. The molecule has 0 radical (unpaired) electrons. The van der Waals surface area contributed by atoms with E-state index in [-0.39, 0.29) is 5.70 Å². The van der Waals surface area contributed by atoms with Gasteiger partial charge in [0, 0.05) is 25.5 Å². The van der Waals surface area contributed by atoms with Gasteiger partial charge >= 0.3 is 12.0 Å². The van der Waals surface area contributed by atoms with Crippen LogP contribution >= 0.6 is 0 Å². The fourth-order valence-electron chi connectivity index (χ4n) is 3.13. The van der Waals surface area contributed by atoms with Crippen LogP contribution in [0, 0.1) is 5.92 Å². The minimum atomic E-state index is -1.20. The molecule has 1 fully saturated rings. The second-order valence-electron chi connectivity index (χ2n) is 7.08. The van der Waals surface area contributed by atoms with Crippen LogP contribution in [0.1, 0.15) is 24.2 Å². The molecule has 1 aliphatic heterocycles. The van der Waals surface area contributed by atoms with Crippen molar-refractivity contribution in [1.82, 2.24) is 9.80 Å². The van der Waals surface area contributed by atoms with Crippen molar-refractivity contribution in [2.24, 2.45) is 5.92 Å². The summed E-state index contributed by atoms with van der Waals surface area (Å²) in [6.45, 7) is 11.0. The molecule has 0 aliphatic carbocycles. The van der Waals surface area contributed by atoms with Crippen molar-refractivity contribution in [1.29, 1.82) is 0 Å². The van der Waals surface area contributed by atoms with Crippen molar-refractivity contribution in [2.45, 2.75) is 13.8 Å². The van der Waals surface area contributed by atoms with Crippen molar-refractivity contribution >= 4 is 29.5 Å². The van der Waals surface area contributed by atoms with Gasteiger partial charge in [-0.1, -0.05) is 6.58 Å². The summed E-state index contributed by atoms with van der Waals surface area (Å²) in [6.07, 6.45) is 0. The highest BCUT2D eigenvalue weighted by molar-refractivity contribution is 6.17. The summed E-state index contributed by atoms with van der Waals surface area (Å²) >= 11 is 0. The molecule has 0 atom stereocenters. The van der Waals surface area contributed by atoms with Crippen LogP contribution in [0.15, 0.2) is 36.5 Å². The molecular formula is C21H29N4O5+. The van der Waals surface area contributed by atoms with Gasteiger partial charge < -0.3 is 15.0 Å². The zero-order valence-corrected chi connectivity index (χ0v) is 17.9. The molecule has 1 heterocycles. The van der Waals surface area contributed by atoms with Crippen LogP contribution in [0.3, 0.4) is 0 Å². The summed E-state index contributed by atoms with van der Waals surface area (Å²) in [7, 11) is 2.63. The first-order chi connectivity index (χ1) is 14.2. The number of ether oxygens (including phenoxy) is 1. The van der Waals surface area contributed by atoms with Crippen molar-refractivity contribution in [3.05, 3.63) is 42.1 Å². The first kappa shape index (κ1) is 23.1. The molecule has 4 amide bonds. The van der Waals surface area contributed by atoms with Crippen molar-refractivity contribution in [2.75, 3.05) is 45.7 Å². The van der Waals surface area contributed by atoms with E-state index >= 15 is 0 Å². The number of likely N-dealkylation sites (N-methyl/N-ethyl adjacent to an activating group) is 1. The number of nitrogens with zero attached hydrogens (tertiary/aromatic N) is 2. The third-order valence-electron chi connectivity index (χ3n) is 5.19. The molecule has 9 heteroatoms. The van der Waals surface area contributed by atoms with Crippen LogP contribution < -0.4 is 10.2 Å². The monoisotopic (exact) mass is 417 g/mol. The Labute approximate surface area is 176 Å². The Kier molecular flexibility index (Phi) is 7.71. The van der Waals surface area contributed by atoms with Gasteiger partial charge in [-0.2, -0.15) is 0 Å². The molecule has 1 aromatic carbocycles. The van der Waals surface area contributed by atoms with Crippen LogP contribution in [0.4, 0.5) is 10.5 Å². The largest absolute Gasteiger partial charge is 0.456 e. The normalized spacial score (nSPS) is 15.0. The standard InChI is InChI=1S/C21H28N4O5/c1-6-25(7-2)12-13-30-20(28)15-8-10-16(11-9-15)22-14(3)17-18(26)23(4)21(29)24(5)19(17)27/h8-11,17,22H,3,6-7,12-13H2,1-2,4-5H3/p+1. The number of anilines is 1. The van der Waals surface area contributed by atoms with Gasteiger partial charge in [-0.05, 0) is 38.1 Å². The molecule has 2 rings (SSSR count). The van der Waals surface area contributed by atoms with E-state index in [0.717, 1.165) is 29.4 Å².